The van der Waals surface area contributed by atoms with Crippen molar-refractivity contribution < 1.29 is 8.91 Å². The van der Waals surface area contributed by atoms with Crippen molar-refractivity contribution in [2.45, 2.75) is 6.92 Å². The second-order valence-electron chi connectivity index (χ2n) is 5.67. The fraction of sp³-hybridized carbons (Fsp3) is 0.111. The molecule has 0 amide bonds. The molecule has 4 aromatic rings. The van der Waals surface area contributed by atoms with Crippen LogP contribution in [0.4, 0.5) is 4.39 Å². The zero-order valence-electron chi connectivity index (χ0n) is 13.5. The number of hydrogen-bond donors (Lipinski definition) is 0. The first-order valence-corrected chi connectivity index (χ1v) is 7.61. The minimum atomic E-state index is -0.427. The third kappa shape index (κ3) is 2.50. The summed E-state index contributed by atoms with van der Waals surface area (Å²) in [5.74, 6) is 0.00904. The summed E-state index contributed by atoms with van der Waals surface area (Å²) in [5.41, 5.74) is 2.54. The third-order valence-electron chi connectivity index (χ3n) is 4.03. The van der Waals surface area contributed by atoms with Crippen LogP contribution in [-0.2, 0) is 7.05 Å². The summed E-state index contributed by atoms with van der Waals surface area (Å²) in [4.78, 5) is 20.5. The van der Waals surface area contributed by atoms with Crippen molar-refractivity contribution >= 4 is 11.0 Å². The molecule has 0 unspecified atom stereocenters. The minimum absolute atomic E-state index is 0.109. The number of hydrogen-bond acceptors (Lipinski definition) is 5. The molecule has 0 bridgehead atoms. The average molecular weight is 336 g/mol. The van der Waals surface area contributed by atoms with Crippen molar-refractivity contribution in [3.63, 3.8) is 0 Å². The van der Waals surface area contributed by atoms with E-state index in [4.69, 9.17) is 4.52 Å². The van der Waals surface area contributed by atoms with E-state index < -0.39 is 5.82 Å². The molecule has 0 aliphatic heterocycles. The van der Waals surface area contributed by atoms with Crippen molar-refractivity contribution in [3.8, 4) is 22.8 Å². The van der Waals surface area contributed by atoms with E-state index in [2.05, 4.69) is 15.1 Å². The van der Waals surface area contributed by atoms with Gasteiger partial charge in [-0.05, 0) is 37.3 Å². The van der Waals surface area contributed by atoms with Gasteiger partial charge in [-0.25, -0.2) is 9.37 Å². The van der Waals surface area contributed by atoms with Gasteiger partial charge in [0.1, 0.15) is 11.5 Å². The molecule has 0 N–H and O–H groups in total. The minimum Gasteiger partial charge on any atom is -0.334 e. The molecule has 2 aromatic carbocycles. The molecule has 6 nitrogen and oxygen atoms in total. The Morgan fingerprint density at radius 2 is 1.92 bits per heavy atom. The highest BCUT2D eigenvalue weighted by atomic mass is 19.1. The molecular weight excluding hydrogens is 323 g/mol. The van der Waals surface area contributed by atoms with Gasteiger partial charge in [0.15, 0.2) is 0 Å². The number of nitrogens with zero attached hydrogens (tertiary/aromatic N) is 4. The summed E-state index contributed by atoms with van der Waals surface area (Å²) in [7, 11) is 1.70. The van der Waals surface area contributed by atoms with Crippen molar-refractivity contribution in [2.24, 2.45) is 7.05 Å². The topological polar surface area (TPSA) is 73.8 Å². The van der Waals surface area contributed by atoms with Gasteiger partial charge in [0, 0.05) is 12.6 Å². The number of aryl methyl sites for hydroxylation is 2. The summed E-state index contributed by atoms with van der Waals surface area (Å²) in [6, 6.07) is 11.5. The molecule has 0 aliphatic carbocycles. The number of fused-ring (bicyclic) bond motifs is 1. The normalized spacial score (nSPS) is 11.2. The van der Waals surface area contributed by atoms with Gasteiger partial charge in [-0.1, -0.05) is 17.3 Å². The van der Waals surface area contributed by atoms with Crippen LogP contribution in [0.5, 0.6) is 0 Å². The largest absolute Gasteiger partial charge is 0.334 e. The Balaban J connectivity index is 1.82. The van der Waals surface area contributed by atoms with E-state index in [0.29, 0.717) is 28.1 Å². The Kier molecular flexibility index (Phi) is 3.42. The molecule has 2 aromatic heterocycles. The standard InChI is InChI=1S/C18H13FN4O2/c1-10-18(24)23(2)15-8-7-11(9-14(15)20-10)16-21-17(25-22-16)12-5-3-4-6-13(12)19/h3-9H,1-2H3. The second-order valence-corrected chi connectivity index (χ2v) is 5.67. The van der Waals surface area contributed by atoms with Crippen LogP contribution in [0.25, 0.3) is 33.9 Å². The maximum Gasteiger partial charge on any atom is 0.272 e. The van der Waals surface area contributed by atoms with Gasteiger partial charge in [-0.3, -0.25) is 4.79 Å². The molecule has 124 valence electrons. The van der Waals surface area contributed by atoms with Gasteiger partial charge >= 0.3 is 0 Å². The summed E-state index contributed by atoms with van der Waals surface area (Å²) in [5, 5.41) is 3.92. The van der Waals surface area contributed by atoms with Gasteiger partial charge in [0.25, 0.3) is 11.4 Å². The first-order valence-electron chi connectivity index (χ1n) is 7.61. The van der Waals surface area contributed by atoms with Gasteiger partial charge in [-0.15, -0.1) is 0 Å². The van der Waals surface area contributed by atoms with Gasteiger partial charge in [0.05, 0.1) is 16.6 Å². The van der Waals surface area contributed by atoms with E-state index in [9.17, 15) is 9.18 Å². The molecule has 0 saturated carbocycles. The van der Waals surface area contributed by atoms with E-state index in [0.717, 1.165) is 0 Å². The first-order chi connectivity index (χ1) is 12.0. The molecule has 7 heteroatoms. The van der Waals surface area contributed by atoms with Crippen LogP contribution in [0.1, 0.15) is 5.69 Å². The molecular formula is C18H13FN4O2. The zero-order valence-corrected chi connectivity index (χ0v) is 13.5. The highest BCUT2D eigenvalue weighted by Gasteiger charge is 2.15. The molecule has 0 aliphatic rings. The van der Waals surface area contributed by atoms with Crippen LogP contribution in [0.2, 0.25) is 0 Å². The van der Waals surface area contributed by atoms with Crippen LogP contribution >= 0.6 is 0 Å². The molecule has 0 spiro atoms. The Hall–Kier alpha value is -3.35. The number of rotatable bonds is 2. The van der Waals surface area contributed by atoms with E-state index in [-0.39, 0.29) is 17.0 Å². The summed E-state index contributed by atoms with van der Waals surface area (Å²) in [6.45, 7) is 1.67. The summed E-state index contributed by atoms with van der Waals surface area (Å²) < 4.78 is 20.6. The van der Waals surface area contributed by atoms with E-state index >= 15 is 0 Å². The van der Waals surface area contributed by atoms with E-state index in [1.807, 2.05) is 0 Å². The Morgan fingerprint density at radius 3 is 2.72 bits per heavy atom. The van der Waals surface area contributed by atoms with Crippen molar-refractivity contribution in [1.82, 2.24) is 19.7 Å². The smallest absolute Gasteiger partial charge is 0.272 e. The molecule has 0 atom stereocenters. The fourth-order valence-electron chi connectivity index (χ4n) is 2.70. The molecule has 2 heterocycles. The predicted octanol–water partition coefficient (Wildman–Crippen LogP) is 3.10. The molecule has 0 saturated heterocycles. The predicted molar refractivity (Wildman–Crippen MR) is 90.4 cm³/mol. The average Bonchev–Trinajstić information content (AvgIpc) is 3.09. The lowest BCUT2D eigenvalue weighted by molar-refractivity contribution is 0.429. The van der Waals surface area contributed by atoms with Crippen molar-refractivity contribution in [2.75, 3.05) is 0 Å². The van der Waals surface area contributed by atoms with Gasteiger partial charge in [-0.2, -0.15) is 4.98 Å². The maximum atomic E-state index is 13.9. The summed E-state index contributed by atoms with van der Waals surface area (Å²) in [6.07, 6.45) is 0. The molecule has 0 fully saturated rings. The van der Waals surface area contributed by atoms with E-state index in [1.165, 1.54) is 6.07 Å². The number of aromatic nitrogens is 4. The van der Waals surface area contributed by atoms with Crippen LogP contribution in [0.3, 0.4) is 0 Å². The molecule has 4 rings (SSSR count). The highest BCUT2D eigenvalue weighted by molar-refractivity contribution is 5.80. The van der Waals surface area contributed by atoms with Crippen molar-refractivity contribution in [1.29, 1.82) is 0 Å². The van der Waals surface area contributed by atoms with Crippen LogP contribution in [0.15, 0.2) is 51.8 Å². The lowest BCUT2D eigenvalue weighted by Crippen LogP contribution is -2.20. The highest BCUT2D eigenvalue weighted by Crippen LogP contribution is 2.25. The monoisotopic (exact) mass is 336 g/mol. The zero-order chi connectivity index (χ0) is 17.6. The van der Waals surface area contributed by atoms with Crippen LogP contribution in [0, 0.1) is 12.7 Å². The Labute approximate surface area is 141 Å². The van der Waals surface area contributed by atoms with Crippen LogP contribution in [-0.4, -0.2) is 19.7 Å². The molecule has 0 radical (unpaired) electrons. The van der Waals surface area contributed by atoms with E-state index in [1.54, 1.807) is 54.9 Å². The number of benzene rings is 2. The lowest BCUT2D eigenvalue weighted by atomic mass is 10.1. The quantitative estimate of drug-likeness (QED) is 0.562. The Morgan fingerprint density at radius 1 is 1.12 bits per heavy atom. The maximum absolute atomic E-state index is 13.9. The fourth-order valence-corrected chi connectivity index (χ4v) is 2.70. The lowest BCUT2D eigenvalue weighted by Gasteiger charge is -2.06. The van der Waals surface area contributed by atoms with Gasteiger partial charge in [0.2, 0.25) is 5.82 Å². The molecule has 25 heavy (non-hydrogen) atoms. The third-order valence-corrected chi connectivity index (χ3v) is 4.03. The second kappa shape index (κ2) is 5.62. The van der Waals surface area contributed by atoms with Crippen molar-refractivity contribution in [3.05, 3.63) is 64.3 Å². The van der Waals surface area contributed by atoms with Crippen LogP contribution < -0.4 is 5.56 Å². The first kappa shape index (κ1) is 15.2. The van der Waals surface area contributed by atoms with Gasteiger partial charge < -0.3 is 9.09 Å². The Bertz CT molecular complexity index is 1160. The SMILES string of the molecule is Cc1nc2cc(-c3noc(-c4ccccc4F)n3)ccc2n(C)c1=O. The summed E-state index contributed by atoms with van der Waals surface area (Å²) >= 11 is 0. The number of halogens is 1.